The summed E-state index contributed by atoms with van der Waals surface area (Å²) in [5.41, 5.74) is 0.929. The van der Waals surface area contributed by atoms with Gasteiger partial charge in [0.25, 0.3) is 0 Å². The van der Waals surface area contributed by atoms with Gasteiger partial charge in [-0.15, -0.1) is 0 Å². The lowest BCUT2D eigenvalue weighted by Crippen LogP contribution is -2.33. The molecule has 2 aliphatic rings. The number of aliphatic hydroxyl groups is 2. The Kier molecular flexibility index (Phi) is 8.16. The van der Waals surface area contributed by atoms with Gasteiger partial charge in [-0.05, 0) is 35.7 Å². The lowest BCUT2D eigenvalue weighted by atomic mass is 10.0. The fourth-order valence-electron chi connectivity index (χ4n) is 4.04. The van der Waals surface area contributed by atoms with Gasteiger partial charge in [-0.3, -0.25) is 9.13 Å². The van der Waals surface area contributed by atoms with E-state index in [1.807, 2.05) is 0 Å². The Hall–Kier alpha value is -1.21. The monoisotopic (exact) mass is 553 g/mol. The van der Waals surface area contributed by atoms with Crippen molar-refractivity contribution < 1.29 is 48.0 Å². The van der Waals surface area contributed by atoms with Crippen LogP contribution in [-0.4, -0.2) is 85.4 Å². The quantitative estimate of drug-likeness (QED) is 0.191. The lowest BCUT2D eigenvalue weighted by molar-refractivity contribution is -0.0186. The van der Waals surface area contributed by atoms with Gasteiger partial charge < -0.3 is 44.2 Å². The molecule has 0 bridgehead atoms. The smallest absolute Gasteiger partial charge is 0.340 e. The molecule has 6 N–H and O–H groups in total. The molecule has 2 aliphatic heterocycles. The fourth-order valence-corrected chi connectivity index (χ4v) is 6.79. The molecule has 35 heavy (non-hydrogen) atoms. The standard InChI is InChI=1S/C19H26ClN3O10P2/c20-19-22-13-5-11(1-2-12(13)18(23-19)21-6-10-3-4-31-7-10)17-16(25)15(24)14(33-17)8-32-35(29,30)9-34(26,27)28/h1-2,5,10,14-17,24-25H,3-4,6-9H2,(H,29,30)(H,21,22,23)(H2,26,27,28)/t10?,14-,15-,16-,17+/m1/s1. The molecule has 16 heteroatoms. The van der Waals surface area contributed by atoms with Crippen molar-refractivity contribution in [3.63, 3.8) is 0 Å². The van der Waals surface area contributed by atoms with Crippen molar-refractivity contribution in [2.45, 2.75) is 30.8 Å². The zero-order chi connectivity index (χ0) is 25.4. The Labute approximate surface area is 205 Å². The van der Waals surface area contributed by atoms with Gasteiger partial charge >= 0.3 is 15.2 Å². The third kappa shape index (κ3) is 6.76. The Morgan fingerprint density at radius 2 is 1.94 bits per heavy atom. The number of hydrogen-bond donors (Lipinski definition) is 6. The van der Waals surface area contributed by atoms with E-state index in [0.29, 0.717) is 41.4 Å². The van der Waals surface area contributed by atoms with Crippen molar-refractivity contribution >= 4 is 43.5 Å². The number of fused-ring (bicyclic) bond motifs is 1. The molecular formula is C19H26ClN3O10P2. The van der Waals surface area contributed by atoms with E-state index in [9.17, 15) is 24.2 Å². The predicted molar refractivity (Wildman–Crippen MR) is 124 cm³/mol. The molecule has 6 atom stereocenters. The number of rotatable bonds is 9. The van der Waals surface area contributed by atoms with E-state index < -0.39 is 52.1 Å². The number of ether oxygens (including phenoxy) is 2. The normalized spacial score (nSPS) is 28.9. The van der Waals surface area contributed by atoms with Crippen molar-refractivity contribution in [2.75, 3.05) is 37.6 Å². The van der Waals surface area contributed by atoms with Crippen LogP contribution in [0, 0.1) is 5.92 Å². The highest BCUT2D eigenvalue weighted by Crippen LogP contribution is 2.55. The third-order valence-electron chi connectivity index (χ3n) is 5.77. The first-order valence-electron chi connectivity index (χ1n) is 10.7. The second-order valence-corrected chi connectivity index (χ2v) is 12.9. The van der Waals surface area contributed by atoms with Crippen LogP contribution >= 0.6 is 26.8 Å². The summed E-state index contributed by atoms with van der Waals surface area (Å²) in [7, 11) is -9.45. The second-order valence-electron chi connectivity index (χ2n) is 8.54. The molecule has 1 aromatic carbocycles. The van der Waals surface area contributed by atoms with Crippen molar-refractivity contribution in [3.8, 4) is 0 Å². The molecule has 0 radical (unpaired) electrons. The summed E-state index contributed by atoms with van der Waals surface area (Å²) >= 11 is 6.11. The van der Waals surface area contributed by atoms with Crippen LogP contribution in [0.15, 0.2) is 18.2 Å². The minimum Gasteiger partial charge on any atom is -0.387 e. The molecule has 4 rings (SSSR count). The summed E-state index contributed by atoms with van der Waals surface area (Å²) in [6, 6.07) is 5.02. The average molecular weight is 554 g/mol. The second kappa shape index (κ2) is 10.6. The molecule has 2 unspecified atom stereocenters. The predicted octanol–water partition coefficient (Wildman–Crippen LogP) is 1.23. The highest BCUT2D eigenvalue weighted by Gasteiger charge is 2.45. The summed E-state index contributed by atoms with van der Waals surface area (Å²) in [6.07, 6.45) is -4.18. The summed E-state index contributed by atoms with van der Waals surface area (Å²) in [5.74, 6) is -0.470. The maximum Gasteiger partial charge on any atom is 0.340 e. The summed E-state index contributed by atoms with van der Waals surface area (Å²) in [4.78, 5) is 35.9. The molecule has 194 valence electrons. The minimum atomic E-state index is -4.80. The SMILES string of the molecule is O=P(O)(O)CP(=O)(O)OC[C@H]1O[C@@H](c2ccc3c(NCC4CCOC4)nc(Cl)nc3c2)[C@H](O)[C@@H]1O. The average Bonchev–Trinajstić information content (AvgIpc) is 3.37. The van der Waals surface area contributed by atoms with Gasteiger partial charge in [0.15, 0.2) is 5.90 Å². The van der Waals surface area contributed by atoms with Crippen LogP contribution in [0.2, 0.25) is 5.28 Å². The van der Waals surface area contributed by atoms with Crippen LogP contribution in [0.3, 0.4) is 0 Å². The van der Waals surface area contributed by atoms with Crippen LogP contribution in [0.1, 0.15) is 18.1 Å². The van der Waals surface area contributed by atoms with Crippen LogP contribution in [-0.2, 0) is 23.1 Å². The minimum absolute atomic E-state index is 0.0165. The van der Waals surface area contributed by atoms with Crippen LogP contribution < -0.4 is 5.32 Å². The largest absolute Gasteiger partial charge is 0.387 e. The van der Waals surface area contributed by atoms with Crippen molar-refractivity contribution in [3.05, 3.63) is 29.0 Å². The number of hydrogen-bond acceptors (Lipinski definition) is 10. The molecule has 0 spiro atoms. The van der Waals surface area contributed by atoms with Crippen molar-refractivity contribution in [2.24, 2.45) is 5.92 Å². The highest BCUT2D eigenvalue weighted by atomic mass is 35.5. The lowest BCUT2D eigenvalue weighted by Gasteiger charge is -2.18. The summed E-state index contributed by atoms with van der Waals surface area (Å²) in [6.45, 7) is 1.38. The number of aromatic nitrogens is 2. The molecule has 3 heterocycles. The number of nitrogens with zero attached hydrogens (tertiary/aromatic N) is 2. The Balaban J connectivity index is 1.48. The van der Waals surface area contributed by atoms with Crippen LogP contribution in [0.5, 0.6) is 0 Å². The number of nitrogens with one attached hydrogen (secondary N) is 1. The van der Waals surface area contributed by atoms with E-state index in [1.165, 1.54) is 0 Å². The molecule has 13 nitrogen and oxygen atoms in total. The van der Waals surface area contributed by atoms with Crippen LogP contribution in [0.4, 0.5) is 5.82 Å². The molecule has 0 aliphatic carbocycles. The topological polar surface area (TPSA) is 201 Å². The first-order chi connectivity index (χ1) is 16.4. The maximum atomic E-state index is 11.9. The van der Waals surface area contributed by atoms with E-state index in [4.69, 9.17) is 35.4 Å². The van der Waals surface area contributed by atoms with E-state index in [0.717, 1.165) is 13.0 Å². The molecule has 2 fully saturated rings. The Bertz CT molecular complexity index is 1160. The van der Waals surface area contributed by atoms with E-state index >= 15 is 0 Å². The number of benzene rings is 1. The van der Waals surface area contributed by atoms with Crippen molar-refractivity contribution in [1.29, 1.82) is 0 Å². The molecule has 0 saturated carbocycles. The first kappa shape index (κ1) is 26.8. The Morgan fingerprint density at radius 3 is 2.63 bits per heavy atom. The van der Waals surface area contributed by atoms with Crippen molar-refractivity contribution in [1.82, 2.24) is 9.97 Å². The molecule has 1 aromatic heterocycles. The molecule has 2 saturated heterocycles. The van der Waals surface area contributed by atoms with Gasteiger partial charge in [-0.25, -0.2) is 9.97 Å². The first-order valence-corrected chi connectivity index (χ1v) is 14.7. The van der Waals surface area contributed by atoms with E-state index in [-0.39, 0.29) is 5.28 Å². The summed E-state index contributed by atoms with van der Waals surface area (Å²) < 4.78 is 38.6. The van der Waals surface area contributed by atoms with Gasteiger partial charge in [0.05, 0.1) is 18.7 Å². The Morgan fingerprint density at radius 1 is 1.17 bits per heavy atom. The van der Waals surface area contributed by atoms with Gasteiger partial charge in [0, 0.05) is 24.5 Å². The van der Waals surface area contributed by atoms with Gasteiger partial charge in [0.2, 0.25) is 5.28 Å². The molecule has 0 amide bonds. The van der Waals surface area contributed by atoms with Gasteiger partial charge in [-0.2, -0.15) is 0 Å². The zero-order valence-corrected chi connectivity index (χ0v) is 20.9. The van der Waals surface area contributed by atoms with E-state index in [2.05, 4.69) is 15.3 Å². The maximum absolute atomic E-state index is 11.9. The third-order valence-corrected chi connectivity index (χ3v) is 9.40. The van der Waals surface area contributed by atoms with Crippen LogP contribution in [0.25, 0.3) is 10.9 Å². The van der Waals surface area contributed by atoms with E-state index in [1.54, 1.807) is 18.2 Å². The molecular weight excluding hydrogens is 528 g/mol. The number of aliphatic hydroxyl groups excluding tert-OH is 2. The zero-order valence-electron chi connectivity index (χ0n) is 18.3. The highest BCUT2D eigenvalue weighted by molar-refractivity contribution is 7.70. The van der Waals surface area contributed by atoms with Gasteiger partial charge in [-0.1, -0.05) is 6.07 Å². The molecule has 2 aromatic rings. The number of anilines is 1. The summed E-state index contributed by atoms with van der Waals surface area (Å²) in [5, 5.41) is 24.8. The fraction of sp³-hybridized carbons (Fsp3) is 0.579. The number of halogens is 1. The van der Waals surface area contributed by atoms with Gasteiger partial charge in [0.1, 0.15) is 30.2 Å².